The van der Waals surface area contributed by atoms with Crippen LogP contribution in [0.3, 0.4) is 0 Å². The zero-order valence-corrected chi connectivity index (χ0v) is 18.2. The summed E-state index contributed by atoms with van der Waals surface area (Å²) in [5.41, 5.74) is 0. The summed E-state index contributed by atoms with van der Waals surface area (Å²) in [6, 6.07) is 2.58. The molecule has 2 saturated heterocycles. The van der Waals surface area contributed by atoms with Crippen molar-refractivity contribution in [3.8, 4) is 0 Å². The summed E-state index contributed by atoms with van der Waals surface area (Å²) in [5.74, 6) is 2.65. The molecule has 1 aromatic rings. The van der Waals surface area contributed by atoms with E-state index in [1.54, 1.807) is 6.33 Å². The summed E-state index contributed by atoms with van der Waals surface area (Å²) in [6.45, 7) is 10.3. The fourth-order valence-electron chi connectivity index (χ4n) is 4.58. The molecular weight excluding hydrogens is 364 g/mol. The smallest absolute Gasteiger partial charge is 0.220 e. The molecule has 0 aromatic carbocycles. The second-order valence-electron chi connectivity index (χ2n) is 8.41. The van der Waals surface area contributed by atoms with Crippen LogP contribution in [0.2, 0.25) is 0 Å². The minimum absolute atomic E-state index is 0.207. The third-order valence-corrected chi connectivity index (χ3v) is 6.27. The van der Waals surface area contributed by atoms with Crippen LogP contribution in [0.4, 0.5) is 11.6 Å². The molecule has 2 aliphatic rings. The van der Waals surface area contributed by atoms with Gasteiger partial charge < -0.3 is 15.5 Å². The Morgan fingerprint density at radius 2 is 2.07 bits per heavy atom. The van der Waals surface area contributed by atoms with E-state index in [-0.39, 0.29) is 5.91 Å². The van der Waals surface area contributed by atoms with E-state index in [9.17, 15) is 4.79 Å². The summed E-state index contributed by atoms with van der Waals surface area (Å²) in [6.07, 6.45) is 9.12. The van der Waals surface area contributed by atoms with Crippen molar-refractivity contribution < 1.29 is 4.79 Å². The molecule has 1 aromatic heterocycles. The fourth-order valence-corrected chi connectivity index (χ4v) is 4.58. The number of amides is 1. The van der Waals surface area contributed by atoms with Gasteiger partial charge >= 0.3 is 0 Å². The largest absolute Gasteiger partial charge is 0.370 e. The molecule has 0 radical (unpaired) electrons. The molecule has 0 aliphatic carbocycles. The lowest BCUT2D eigenvalue weighted by Gasteiger charge is -2.33. The van der Waals surface area contributed by atoms with Crippen molar-refractivity contribution in [3.05, 3.63) is 12.4 Å². The molecule has 1 amide bonds. The molecule has 2 aliphatic heterocycles. The van der Waals surface area contributed by atoms with Crippen LogP contribution in [0.25, 0.3) is 0 Å². The maximum absolute atomic E-state index is 12.4. The fraction of sp³-hybridized carbons (Fsp3) is 0.773. The SMILES string of the molecule is CCCNc1cc(N2CCC[C@@H](CCC(=O)NC[C@@H]3CCCN3CC)C2)ncn1. The molecule has 2 atom stereocenters. The standard InChI is InChI=1S/C22H38N6O/c1-3-11-23-20-14-21(26-17-25-20)28-13-5-7-18(16-28)9-10-22(29)24-15-19-8-6-12-27(19)4-2/h14,17-19H,3-13,15-16H2,1-2H3,(H,24,29)(H,23,25,26)/t18-,19-/m0/s1. The highest BCUT2D eigenvalue weighted by Gasteiger charge is 2.24. The Labute approximate surface area is 175 Å². The second kappa shape index (κ2) is 11.3. The lowest BCUT2D eigenvalue weighted by molar-refractivity contribution is -0.121. The molecule has 162 valence electrons. The summed E-state index contributed by atoms with van der Waals surface area (Å²) in [7, 11) is 0. The van der Waals surface area contributed by atoms with Crippen molar-refractivity contribution in [2.24, 2.45) is 5.92 Å². The van der Waals surface area contributed by atoms with Crippen molar-refractivity contribution in [1.82, 2.24) is 20.2 Å². The number of aromatic nitrogens is 2. The van der Waals surface area contributed by atoms with Gasteiger partial charge in [-0.3, -0.25) is 9.69 Å². The van der Waals surface area contributed by atoms with Gasteiger partial charge in [0, 0.05) is 44.7 Å². The number of nitrogens with one attached hydrogen (secondary N) is 2. The van der Waals surface area contributed by atoms with Crippen molar-refractivity contribution >= 4 is 17.5 Å². The van der Waals surface area contributed by atoms with Gasteiger partial charge in [-0.1, -0.05) is 13.8 Å². The van der Waals surface area contributed by atoms with E-state index in [0.29, 0.717) is 18.4 Å². The van der Waals surface area contributed by atoms with Gasteiger partial charge in [0.15, 0.2) is 0 Å². The number of nitrogens with zero attached hydrogens (tertiary/aromatic N) is 4. The van der Waals surface area contributed by atoms with Gasteiger partial charge in [-0.05, 0) is 57.5 Å². The molecule has 7 nitrogen and oxygen atoms in total. The van der Waals surface area contributed by atoms with Gasteiger partial charge in [-0.2, -0.15) is 0 Å². The molecule has 7 heteroatoms. The van der Waals surface area contributed by atoms with Crippen LogP contribution in [0.15, 0.2) is 12.4 Å². The van der Waals surface area contributed by atoms with E-state index in [0.717, 1.165) is 63.6 Å². The lowest BCUT2D eigenvalue weighted by atomic mass is 9.93. The molecule has 29 heavy (non-hydrogen) atoms. The Balaban J connectivity index is 1.42. The Kier molecular flexibility index (Phi) is 8.52. The second-order valence-corrected chi connectivity index (χ2v) is 8.41. The highest BCUT2D eigenvalue weighted by molar-refractivity contribution is 5.75. The number of anilines is 2. The molecule has 2 N–H and O–H groups in total. The summed E-state index contributed by atoms with van der Waals surface area (Å²) in [5, 5.41) is 6.51. The normalized spacial score (nSPS) is 22.6. The number of carbonyl (C=O) groups is 1. The molecule has 0 spiro atoms. The quantitative estimate of drug-likeness (QED) is 0.627. The number of carbonyl (C=O) groups excluding carboxylic acids is 1. The first kappa shape index (κ1) is 21.8. The minimum Gasteiger partial charge on any atom is -0.370 e. The molecule has 0 unspecified atom stereocenters. The number of rotatable bonds is 10. The molecule has 3 heterocycles. The Hall–Kier alpha value is -1.89. The van der Waals surface area contributed by atoms with Gasteiger partial charge in [-0.25, -0.2) is 9.97 Å². The van der Waals surface area contributed by atoms with E-state index < -0.39 is 0 Å². The zero-order chi connectivity index (χ0) is 20.5. The predicted octanol–water partition coefficient (Wildman–Crippen LogP) is 2.90. The van der Waals surface area contributed by atoms with Crippen LogP contribution in [0, 0.1) is 5.92 Å². The van der Waals surface area contributed by atoms with Gasteiger partial charge in [0.25, 0.3) is 0 Å². The molecule has 0 bridgehead atoms. The maximum atomic E-state index is 12.4. The number of likely N-dealkylation sites (N-methyl/N-ethyl adjacent to an activating group) is 1. The summed E-state index contributed by atoms with van der Waals surface area (Å²) < 4.78 is 0. The summed E-state index contributed by atoms with van der Waals surface area (Å²) >= 11 is 0. The third kappa shape index (κ3) is 6.56. The number of likely N-dealkylation sites (tertiary alicyclic amines) is 1. The Bertz CT molecular complexity index is 639. The van der Waals surface area contributed by atoms with Gasteiger partial charge in [0.05, 0.1) is 0 Å². The zero-order valence-electron chi connectivity index (χ0n) is 18.2. The summed E-state index contributed by atoms with van der Waals surface area (Å²) in [4.78, 5) is 26.0. The first-order valence-corrected chi connectivity index (χ1v) is 11.5. The third-order valence-electron chi connectivity index (χ3n) is 6.27. The lowest BCUT2D eigenvalue weighted by Crippen LogP contribution is -2.40. The van der Waals surface area contributed by atoms with Gasteiger partial charge in [0.2, 0.25) is 5.91 Å². The highest BCUT2D eigenvalue weighted by atomic mass is 16.1. The average Bonchev–Trinajstić information content (AvgIpc) is 3.23. The number of hydrogen-bond acceptors (Lipinski definition) is 6. The monoisotopic (exact) mass is 402 g/mol. The van der Waals surface area contributed by atoms with Crippen LogP contribution in [-0.4, -0.2) is 66.1 Å². The van der Waals surface area contributed by atoms with Crippen LogP contribution >= 0.6 is 0 Å². The predicted molar refractivity (Wildman–Crippen MR) is 118 cm³/mol. The van der Waals surface area contributed by atoms with Crippen LogP contribution in [0.5, 0.6) is 0 Å². The van der Waals surface area contributed by atoms with Crippen molar-refractivity contribution in [2.45, 2.75) is 64.8 Å². The van der Waals surface area contributed by atoms with Crippen molar-refractivity contribution in [2.75, 3.05) is 49.5 Å². The minimum atomic E-state index is 0.207. The van der Waals surface area contributed by atoms with Gasteiger partial charge in [0.1, 0.15) is 18.0 Å². The van der Waals surface area contributed by atoms with E-state index in [2.05, 4.69) is 44.2 Å². The van der Waals surface area contributed by atoms with E-state index in [1.807, 2.05) is 6.07 Å². The topological polar surface area (TPSA) is 73.4 Å². The average molecular weight is 403 g/mol. The molecule has 2 fully saturated rings. The Morgan fingerprint density at radius 1 is 1.21 bits per heavy atom. The maximum Gasteiger partial charge on any atom is 0.220 e. The molecular formula is C22H38N6O. The van der Waals surface area contributed by atoms with Crippen molar-refractivity contribution in [3.63, 3.8) is 0 Å². The van der Waals surface area contributed by atoms with Crippen LogP contribution in [0.1, 0.15) is 58.8 Å². The van der Waals surface area contributed by atoms with Crippen molar-refractivity contribution in [1.29, 1.82) is 0 Å². The Morgan fingerprint density at radius 3 is 2.90 bits per heavy atom. The molecule has 3 rings (SSSR count). The first-order chi connectivity index (χ1) is 14.2. The number of hydrogen-bond donors (Lipinski definition) is 2. The van der Waals surface area contributed by atoms with Crippen LogP contribution < -0.4 is 15.5 Å². The first-order valence-electron chi connectivity index (χ1n) is 11.5. The van der Waals surface area contributed by atoms with E-state index in [1.165, 1.54) is 25.8 Å². The van der Waals surface area contributed by atoms with Crippen LogP contribution in [-0.2, 0) is 4.79 Å². The molecule has 0 saturated carbocycles. The van der Waals surface area contributed by atoms with E-state index >= 15 is 0 Å². The van der Waals surface area contributed by atoms with Gasteiger partial charge in [-0.15, -0.1) is 0 Å². The highest BCUT2D eigenvalue weighted by Crippen LogP contribution is 2.25. The van der Waals surface area contributed by atoms with E-state index in [4.69, 9.17) is 0 Å². The number of piperidine rings is 1.